The number of rotatable bonds is 2. The molecular weight excluding hydrogens is 296 g/mol. The van der Waals surface area contributed by atoms with E-state index in [0.717, 1.165) is 24.4 Å². The second kappa shape index (κ2) is 5.38. The number of pyridine rings is 1. The Morgan fingerprint density at radius 1 is 0.810 bits per heavy atom. The number of halogens is 6. The van der Waals surface area contributed by atoms with Crippen LogP contribution in [0.15, 0.2) is 42.6 Å². The summed E-state index contributed by atoms with van der Waals surface area (Å²) >= 11 is 0. The van der Waals surface area contributed by atoms with E-state index in [2.05, 4.69) is 4.98 Å². The van der Waals surface area contributed by atoms with Crippen molar-refractivity contribution in [1.29, 1.82) is 0 Å². The van der Waals surface area contributed by atoms with Crippen LogP contribution in [0.3, 0.4) is 0 Å². The summed E-state index contributed by atoms with van der Waals surface area (Å²) in [5, 5.41) is 0. The van der Waals surface area contributed by atoms with Crippen LogP contribution in [0.4, 0.5) is 26.3 Å². The Kier molecular flexibility index (Phi) is 3.93. The van der Waals surface area contributed by atoms with E-state index >= 15 is 0 Å². The minimum atomic E-state index is -4.53. The Labute approximate surface area is 116 Å². The van der Waals surface area contributed by atoms with E-state index < -0.39 is 23.6 Å². The molecule has 0 saturated heterocycles. The fourth-order valence-corrected chi connectivity index (χ4v) is 1.79. The summed E-state index contributed by atoms with van der Waals surface area (Å²) in [6.07, 6.45) is -7.89. The first-order chi connectivity index (χ1) is 9.66. The Balaban J connectivity index is 2.19. The van der Waals surface area contributed by atoms with Crippen LogP contribution in [0, 0.1) is 0 Å². The van der Waals surface area contributed by atoms with Gasteiger partial charge in [-0.2, -0.15) is 26.3 Å². The van der Waals surface area contributed by atoms with Crippen molar-refractivity contribution in [2.45, 2.75) is 18.8 Å². The molecule has 0 spiro atoms. The third kappa shape index (κ3) is 3.96. The fourth-order valence-electron chi connectivity index (χ4n) is 1.79. The molecule has 0 amide bonds. The van der Waals surface area contributed by atoms with E-state index in [1.54, 1.807) is 0 Å². The Hall–Kier alpha value is -2.05. The van der Waals surface area contributed by atoms with Crippen LogP contribution in [0.1, 0.15) is 22.4 Å². The average molecular weight is 305 g/mol. The van der Waals surface area contributed by atoms with Gasteiger partial charge in [0.1, 0.15) is 5.69 Å². The Morgan fingerprint density at radius 2 is 1.52 bits per heavy atom. The van der Waals surface area contributed by atoms with Gasteiger partial charge in [-0.1, -0.05) is 24.3 Å². The van der Waals surface area contributed by atoms with Crippen LogP contribution in [-0.4, -0.2) is 4.98 Å². The molecule has 0 aliphatic heterocycles. The van der Waals surface area contributed by atoms with E-state index in [1.807, 2.05) is 0 Å². The minimum absolute atomic E-state index is 0.0784. The zero-order chi connectivity index (χ0) is 15.7. The number of hydrogen-bond acceptors (Lipinski definition) is 1. The predicted molar refractivity (Wildman–Crippen MR) is 63.5 cm³/mol. The normalized spacial score (nSPS) is 12.5. The second-order valence-electron chi connectivity index (χ2n) is 4.42. The molecule has 0 unspecified atom stereocenters. The first-order valence-corrected chi connectivity index (χ1v) is 5.84. The quantitative estimate of drug-likeness (QED) is 0.732. The zero-order valence-electron chi connectivity index (χ0n) is 10.5. The molecule has 0 saturated carbocycles. The Morgan fingerprint density at radius 3 is 2.05 bits per heavy atom. The van der Waals surface area contributed by atoms with Gasteiger partial charge in [0.25, 0.3) is 0 Å². The van der Waals surface area contributed by atoms with Gasteiger partial charge in [0.05, 0.1) is 5.56 Å². The average Bonchev–Trinajstić information content (AvgIpc) is 2.37. The predicted octanol–water partition coefficient (Wildman–Crippen LogP) is 4.71. The van der Waals surface area contributed by atoms with Crippen molar-refractivity contribution < 1.29 is 26.3 Å². The van der Waals surface area contributed by atoms with Crippen molar-refractivity contribution in [2.24, 2.45) is 0 Å². The molecule has 0 atom stereocenters. The molecule has 0 N–H and O–H groups in total. The molecule has 21 heavy (non-hydrogen) atoms. The number of benzene rings is 1. The zero-order valence-corrected chi connectivity index (χ0v) is 10.5. The molecule has 0 aliphatic rings. The summed E-state index contributed by atoms with van der Waals surface area (Å²) in [5.74, 6) is 0. The highest BCUT2D eigenvalue weighted by Crippen LogP contribution is 2.30. The topological polar surface area (TPSA) is 12.9 Å². The van der Waals surface area contributed by atoms with Gasteiger partial charge in [-0.15, -0.1) is 0 Å². The van der Waals surface area contributed by atoms with Crippen LogP contribution in [-0.2, 0) is 18.8 Å². The number of nitrogens with zero attached hydrogens (tertiary/aromatic N) is 1. The van der Waals surface area contributed by atoms with E-state index in [1.165, 1.54) is 18.2 Å². The van der Waals surface area contributed by atoms with Crippen molar-refractivity contribution in [3.8, 4) is 0 Å². The number of hydrogen-bond donors (Lipinski definition) is 0. The number of alkyl halides is 6. The second-order valence-corrected chi connectivity index (χ2v) is 4.42. The van der Waals surface area contributed by atoms with Crippen LogP contribution in [0.2, 0.25) is 0 Å². The largest absolute Gasteiger partial charge is 0.433 e. The molecule has 2 rings (SSSR count). The first-order valence-electron chi connectivity index (χ1n) is 5.84. The van der Waals surface area contributed by atoms with Gasteiger partial charge in [-0.05, 0) is 29.7 Å². The summed E-state index contributed by atoms with van der Waals surface area (Å²) < 4.78 is 74.7. The molecule has 7 heteroatoms. The van der Waals surface area contributed by atoms with E-state index in [4.69, 9.17) is 0 Å². The lowest BCUT2D eigenvalue weighted by atomic mass is 10.0. The highest BCUT2D eigenvalue weighted by atomic mass is 19.4. The summed E-state index contributed by atoms with van der Waals surface area (Å²) in [6.45, 7) is 0. The molecule has 2 aromatic rings. The molecule has 1 aromatic carbocycles. The third-order valence-corrected chi connectivity index (χ3v) is 2.78. The lowest BCUT2D eigenvalue weighted by Crippen LogP contribution is -2.08. The van der Waals surface area contributed by atoms with Crippen molar-refractivity contribution in [3.05, 3.63) is 65.0 Å². The van der Waals surface area contributed by atoms with E-state index in [0.29, 0.717) is 11.1 Å². The SMILES string of the molecule is FC(F)(F)c1cccc(Cc2ccc(C(F)(F)F)nc2)c1. The monoisotopic (exact) mass is 305 g/mol. The van der Waals surface area contributed by atoms with Gasteiger partial charge in [0, 0.05) is 6.20 Å². The van der Waals surface area contributed by atoms with Crippen LogP contribution in [0.5, 0.6) is 0 Å². The molecule has 1 aromatic heterocycles. The van der Waals surface area contributed by atoms with Gasteiger partial charge in [-0.3, -0.25) is 4.98 Å². The maximum absolute atomic E-state index is 12.6. The lowest BCUT2D eigenvalue weighted by molar-refractivity contribution is -0.141. The third-order valence-electron chi connectivity index (χ3n) is 2.78. The molecule has 112 valence electrons. The maximum atomic E-state index is 12.6. The number of aromatic nitrogens is 1. The van der Waals surface area contributed by atoms with Crippen molar-refractivity contribution in [3.63, 3.8) is 0 Å². The van der Waals surface area contributed by atoms with Crippen LogP contribution in [0.25, 0.3) is 0 Å². The highest BCUT2D eigenvalue weighted by Gasteiger charge is 2.32. The fraction of sp³-hybridized carbons (Fsp3) is 0.214. The molecule has 0 fully saturated rings. The lowest BCUT2D eigenvalue weighted by Gasteiger charge is -2.09. The van der Waals surface area contributed by atoms with Gasteiger partial charge in [0.15, 0.2) is 0 Å². The first kappa shape index (κ1) is 15.3. The van der Waals surface area contributed by atoms with Crippen molar-refractivity contribution in [2.75, 3.05) is 0 Å². The van der Waals surface area contributed by atoms with E-state index in [9.17, 15) is 26.3 Å². The smallest absolute Gasteiger partial charge is 0.251 e. The van der Waals surface area contributed by atoms with Crippen molar-refractivity contribution >= 4 is 0 Å². The molecule has 0 bridgehead atoms. The molecular formula is C14H9F6N. The van der Waals surface area contributed by atoms with Gasteiger partial charge in [0.2, 0.25) is 0 Å². The standard InChI is InChI=1S/C14H9F6N/c15-13(16,17)11-3-1-2-9(7-11)6-10-4-5-12(21-8-10)14(18,19)20/h1-5,7-8H,6H2. The van der Waals surface area contributed by atoms with Gasteiger partial charge in [-0.25, -0.2) is 0 Å². The summed E-state index contributed by atoms with van der Waals surface area (Å²) in [5.41, 5.74) is -1.07. The highest BCUT2D eigenvalue weighted by molar-refractivity contribution is 5.30. The molecule has 0 aliphatic carbocycles. The van der Waals surface area contributed by atoms with Gasteiger partial charge >= 0.3 is 12.4 Å². The maximum Gasteiger partial charge on any atom is 0.433 e. The van der Waals surface area contributed by atoms with Crippen molar-refractivity contribution in [1.82, 2.24) is 4.98 Å². The summed E-state index contributed by atoms with van der Waals surface area (Å²) in [4.78, 5) is 3.27. The van der Waals surface area contributed by atoms with Crippen LogP contribution >= 0.6 is 0 Å². The van der Waals surface area contributed by atoms with Crippen LogP contribution < -0.4 is 0 Å². The van der Waals surface area contributed by atoms with E-state index in [-0.39, 0.29) is 6.42 Å². The summed E-state index contributed by atoms with van der Waals surface area (Å²) in [6, 6.07) is 6.66. The Bertz CT molecular complexity index is 613. The molecule has 1 nitrogen and oxygen atoms in total. The van der Waals surface area contributed by atoms with Gasteiger partial charge < -0.3 is 0 Å². The molecule has 0 radical (unpaired) electrons. The minimum Gasteiger partial charge on any atom is -0.251 e. The molecule has 1 heterocycles. The summed E-state index contributed by atoms with van der Waals surface area (Å²) in [7, 11) is 0.